The van der Waals surface area contributed by atoms with Crippen LogP contribution in [0.25, 0.3) is 0 Å². The lowest BCUT2D eigenvalue weighted by Crippen LogP contribution is -2.13. The van der Waals surface area contributed by atoms with E-state index in [1.54, 1.807) is 6.92 Å². The first-order valence-corrected chi connectivity index (χ1v) is 4.92. The Morgan fingerprint density at radius 2 is 2.19 bits per heavy atom. The van der Waals surface area contributed by atoms with Gasteiger partial charge in [0.25, 0.3) is 0 Å². The zero-order valence-corrected chi connectivity index (χ0v) is 9.16. The van der Waals surface area contributed by atoms with E-state index in [1.807, 2.05) is 0 Å². The summed E-state index contributed by atoms with van der Waals surface area (Å²) in [6.07, 6.45) is 0.775. The van der Waals surface area contributed by atoms with Crippen molar-refractivity contribution in [2.75, 3.05) is 0 Å². The third-order valence-corrected chi connectivity index (χ3v) is 2.50. The van der Waals surface area contributed by atoms with Gasteiger partial charge in [0.1, 0.15) is 12.1 Å². The van der Waals surface area contributed by atoms with Crippen LogP contribution < -0.4 is 0 Å². The van der Waals surface area contributed by atoms with Crippen molar-refractivity contribution in [1.29, 1.82) is 0 Å². The van der Waals surface area contributed by atoms with Crippen LogP contribution in [0.5, 0.6) is 0 Å². The lowest BCUT2D eigenvalue weighted by molar-refractivity contribution is -0.141. The second-order valence-corrected chi connectivity index (χ2v) is 3.86. The zero-order valence-electron chi connectivity index (χ0n) is 9.16. The van der Waals surface area contributed by atoms with Gasteiger partial charge >= 0.3 is 5.97 Å². The topological polar surface area (TPSA) is 54.4 Å². The van der Waals surface area contributed by atoms with E-state index in [9.17, 15) is 14.0 Å². The first-order valence-electron chi connectivity index (χ1n) is 4.92. The van der Waals surface area contributed by atoms with Gasteiger partial charge in [0.2, 0.25) is 0 Å². The molecular weight excluding hydrogens is 211 g/mol. The summed E-state index contributed by atoms with van der Waals surface area (Å²) in [6, 6.07) is 2.67. The van der Waals surface area contributed by atoms with E-state index < -0.39 is 17.7 Å². The fourth-order valence-electron chi connectivity index (χ4n) is 1.45. The molecule has 16 heavy (non-hydrogen) atoms. The molecule has 1 atom stereocenters. The first kappa shape index (κ1) is 12.4. The van der Waals surface area contributed by atoms with Gasteiger partial charge in [-0.2, -0.15) is 0 Å². The molecule has 1 unspecified atom stereocenters. The number of carboxylic acid groups (broad SMARTS) is 1. The molecular formula is C12H13FO3. The molecule has 1 aromatic rings. The van der Waals surface area contributed by atoms with Gasteiger partial charge in [-0.1, -0.05) is 6.92 Å². The fraction of sp³-hybridized carbons (Fsp3) is 0.333. The minimum atomic E-state index is -0.960. The molecule has 0 spiro atoms. The van der Waals surface area contributed by atoms with E-state index in [2.05, 4.69) is 0 Å². The zero-order chi connectivity index (χ0) is 12.3. The van der Waals surface area contributed by atoms with Gasteiger partial charge in [0, 0.05) is 5.56 Å². The number of aliphatic carboxylic acids is 1. The predicted octanol–water partition coefficient (Wildman–Crippen LogP) is 2.21. The molecule has 0 fully saturated rings. The number of hydrogen-bond acceptors (Lipinski definition) is 2. The number of rotatable bonds is 4. The highest BCUT2D eigenvalue weighted by molar-refractivity contribution is 5.78. The van der Waals surface area contributed by atoms with Crippen LogP contribution in [0.1, 0.15) is 28.4 Å². The van der Waals surface area contributed by atoms with Gasteiger partial charge in [-0.25, -0.2) is 4.39 Å². The third kappa shape index (κ3) is 2.66. The number of carboxylic acids is 1. The molecule has 0 bridgehead atoms. The van der Waals surface area contributed by atoms with Crippen LogP contribution in [-0.2, 0) is 11.2 Å². The van der Waals surface area contributed by atoms with E-state index in [-0.39, 0.29) is 6.42 Å². The molecule has 0 aromatic heterocycles. The van der Waals surface area contributed by atoms with E-state index in [0.717, 1.165) is 0 Å². The van der Waals surface area contributed by atoms with Gasteiger partial charge in [-0.15, -0.1) is 0 Å². The largest absolute Gasteiger partial charge is 0.481 e. The van der Waals surface area contributed by atoms with E-state index in [4.69, 9.17) is 5.11 Å². The van der Waals surface area contributed by atoms with Crippen LogP contribution in [0.3, 0.4) is 0 Å². The Labute approximate surface area is 92.9 Å². The number of aldehydes is 1. The summed E-state index contributed by atoms with van der Waals surface area (Å²) in [4.78, 5) is 21.4. The van der Waals surface area contributed by atoms with Crippen molar-refractivity contribution in [3.63, 3.8) is 0 Å². The molecule has 86 valence electrons. The smallest absolute Gasteiger partial charge is 0.306 e. The lowest BCUT2D eigenvalue weighted by atomic mass is 9.96. The minimum absolute atomic E-state index is 0.153. The van der Waals surface area contributed by atoms with Crippen LogP contribution in [0, 0.1) is 18.7 Å². The van der Waals surface area contributed by atoms with E-state index in [0.29, 0.717) is 23.0 Å². The lowest BCUT2D eigenvalue weighted by Gasteiger charge is -2.10. The highest BCUT2D eigenvalue weighted by atomic mass is 19.1. The highest BCUT2D eigenvalue weighted by Gasteiger charge is 2.15. The maximum absolute atomic E-state index is 13.3. The molecule has 0 aliphatic heterocycles. The number of carbonyl (C=O) groups excluding carboxylic acids is 1. The van der Waals surface area contributed by atoms with Crippen molar-refractivity contribution in [1.82, 2.24) is 0 Å². The maximum Gasteiger partial charge on any atom is 0.306 e. The molecule has 0 aliphatic rings. The van der Waals surface area contributed by atoms with Gasteiger partial charge in [0.15, 0.2) is 0 Å². The van der Waals surface area contributed by atoms with Crippen molar-refractivity contribution in [3.05, 3.63) is 34.6 Å². The average molecular weight is 224 g/mol. The molecule has 4 heteroatoms. The Bertz CT molecular complexity index is 427. The molecule has 0 aliphatic carbocycles. The molecule has 1 N–H and O–H groups in total. The second-order valence-electron chi connectivity index (χ2n) is 3.86. The molecule has 0 amide bonds. The van der Waals surface area contributed by atoms with Gasteiger partial charge in [-0.3, -0.25) is 9.59 Å². The molecule has 1 aromatic carbocycles. The Hall–Kier alpha value is -1.71. The summed E-state index contributed by atoms with van der Waals surface area (Å²) in [5.41, 5.74) is 1.17. The Balaban J connectivity index is 3.07. The van der Waals surface area contributed by atoms with Crippen LogP contribution in [0.15, 0.2) is 12.1 Å². The summed E-state index contributed by atoms with van der Waals surface area (Å²) >= 11 is 0. The number of carbonyl (C=O) groups is 2. The van der Waals surface area contributed by atoms with Crippen LogP contribution in [-0.4, -0.2) is 17.4 Å². The van der Waals surface area contributed by atoms with Gasteiger partial charge in [-0.05, 0) is 36.6 Å². The van der Waals surface area contributed by atoms with Crippen molar-refractivity contribution in [2.45, 2.75) is 20.3 Å². The fourth-order valence-corrected chi connectivity index (χ4v) is 1.45. The maximum atomic E-state index is 13.3. The standard InChI is InChI=1S/C12H13FO3/c1-7-3-10(6-14)9(5-11(7)13)4-8(2)12(15)16/h3,5-6,8H,4H2,1-2H3,(H,15,16). The van der Waals surface area contributed by atoms with Crippen LogP contribution in [0.4, 0.5) is 4.39 Å². The second kappa shape index (κ2) is 4.88. The third-order valence-electron chi connectivity index (χ3n) is 2.50. The normalized spacial score (nSPS) is 12.2. The predicted molar refractivity (Wildman–Crippen MR) is 57.0 cm³/mol. The van der Waals surface area contributed by atoms with Crippen LogP contribution >= 0.6 is 0 Å². The van der Waals surface area contributed by atoms with Crippen molar-refractivity contribution < 1.29 is 19.1 Å². The minimum Gasteiger partial charge on any atom is -0.481 e. The summed E-state index contributed by atoms with van der Waals surface area (Å²) in [7, 11) is 0. The summed E-state index contributed by atoms with van der Waals surface area (Å²) in [5, 5.41) is 8.75. The number of benzene rings is 1. The molecule has 3 nitrogen and oxygen atoms in total. The Morgan fingerprint density at radius 3 is 2.69 bits per heavy atom. The summed E-state index contributed by atoms with van der Waals surface area (Å²) in [5.74, 6) is -2.02. The quantitative estimate of drug-likeness (QED) is 0.798. The van der Waals surface area contributed by atoms with Gasteiger partial charge in [0.05, 0.1) is 5.92 Å². The van der Waals surface area contributed by atoms with E-state index >= 15 is 0 Å². The first-order chi connectivity index (χ1) is 7.45. The van der Waals surface area contributed by atoms with Gasteiger partial charge < -0.3 is 5.11 Å². The molecule has 0 saturated carbocycles. The van der Waals surface area contributed by atoms with Crippen LogP contribution in [0.2, 0.25) is 0 Å². The number of halogens is 1. The number of hydrogen-bond donors (Lipinski definition) is 1. The Morgan fingerprint density at radius 1 is 1.56 bits per heavy atom. The molecule has 0 radical (unpaired) electrons. The van der Waals surface area contributed by atoms with Crippen molar-refractivity contribution in [3.8, 4) is 0 Å². The molecule has 0 heterocycles. The van der Waals surface area contributed by atoms with Crippen molar-refractivity contribution in [2.24, 2.45) is 5.92 Å². The van der Waals surface area contributed by atoms with E-state index in [1.165, 1.54) is 19.1 Å². The van der Waals surface area contributed by atoms with Crippen molar-refractivity contribution >= 4 is 12.3 Å². The average Bonchev–Trinajstić information content (AvgIpc) is 2.22. The Kier molecular flexibility index (Phi) is 3.77. The number of aryl methyl sites for hydroxylation is 1. The molecule has 1 rings (SSSR count). The molecule has 0 saturated heterocycles. The monoisotopic (exact) mass is 224 g/mol. The SMILES string of the molecule is Cc1cc(C=O)c(CC(C)C(=O)O)cc1F. The summed E-state index contributed by atoms with van der Waals surface area (Å²) in [6.45, 7) is 3.08. The summed E-state index contributed by atoms with van der Waals surface area (Å²) < 4.78 is 13.3. The highest BCUT2D eigenvalue weighted by Crippen LogP contribution is 2.17.